The standard InChI is InChI=1S/C43H73NO10/c1-10-34(39(46)26-38(45)30(5)21-27(2)22-33-16-14-18-36(25-33)54-9)23-29(4)32(7)28(3)15-13-17-35(53-8)24-31(6)43(51,52)40(47)41(48)44-20-12-11-19-37(44)42(49)50/h22-23,28,30-38,45,51-52H,10-21,24-26H2,1-9H3,(H,49,50). The van der Waals surface area contributed by atoms with E-state index in [1.54, 1.807) is 7.11 Å². The summed E-state index contributed by atoms with van der Waals surface area (Å²) in [6.45, 7) is 14.1. The van der Waals surface area contributed by atoms with Crippen molar-refractivity contribution in [1.82, 2.24) is 4.90 Å². The van der Waals surface area contributed by atoms with Crippen LogP contribution < -0.4 is 0 Å². The second kappa shape index (κ2) is 23.0. The lowest BCUT2D eigenvalue weighted by atomic mass is 9.82. The molecule has 2 fully saturated rings. The quantitative estimate of drug-likeness (QED) is 0.0502. The first-order valence-corrected chi connectivity index (χ1v) is 20.5. The number of hydrogen-bond acceptors (Lipinski definition) is 9. The van der Waals surface area contributed by atoms with Crippen molar-refractivity contribution in [3.05, 3.63) is 23.3 Å². The van der Waals surface area contributed by atoms with Crippen LogP contribution in [0.5, 0.6) is 0 Å². The summed E-state index contributed by atoms with van der Waals surface area (Å²) in [5.41, 5.74) is 2.39. The molecule has 1 aliphatic heterocycles. The fourth-order valence-electron chi connectivity index (χ4n) is 8.33. The van der Waals surface area contributed by atoms with Gasteiger partial charge < -0.3 is 34.8 Å². The molecule has 0 spiro atoms. The number of aliphatic carboxylic acids is 1. The third-order valence-corrected chi connectivity index (χ3v) is 12.5. The van der Waals surface area contributed by atoms with Gasteiger partial charge in [-0.2, -0.15) is 0 Å². The van der Waals surface area contributed by atoms with E-state index < -0.39 is 47.6 Å². The number of piperidine rings is 1. The summed E-state index contributed by atoms with van der Waals surface area (Å²) < 4.78 is 11.2. The largest absolute Gasteiger partial charge is 0.480 e. The molecule has 1 amide bonds. The van der Waals surface area contributed by atoms with E-state index in [4.69, 9.17) is 9.47 Å². The molecule has 11 heteroatoms. The predicted molar refractivity (Wildman–Crippen MR) is 209 cm³/mol. The number of Topliss-reactive ketones (excluding diaryl/α,β-unsaturated/α-hetero) is 2. The summed E-state index contributed by atoms with van der Waals surface area (Å²) in [5, 5.41) is 42.1. The van der Waals surface area contributed by atoms with E-state index in [9.17, 15) is 39.6 Å². The van der Waals surface area contributed by atoms with Gasteiger partial charge in [-0.05, 0) is 102 Å². The minimum absolute atomic E-state index is 0.0206. The van der Waals surface area contributed by atoms with Crippen LogP contribution in [0.3, 0.4) is 0 Å². The van der Waals surface area contributed by atoms with Gasteiger partial charge in [-0.15, -0.1) is 0 Å². The lowest BCUT2D eigenvalue weighted by molar-refractivity contribution is -0.208. The first-order valence-electron chi connectivity index (χ1n) is 20.5. The SMILES string of the molecule is CCC(C=C(C)C(C)C(C)CCCC(CC(C)C(O)(O)C(=O)C(=O)N1CCCCC1C(=O)O)OC)C(=O)CC(O)C(C)CC(C)=CC1CCCC(OC)C1. The van der Waals surface area contributed by atoms with E-state index >= 15 is 0 Å². The number of hydrogen-bond donors (Lipinski definition) is 4. The summed E-state index contributed by atoms with van der Waals surface area (Å²) in [6, 6.07) is -1.16. The summed E-state index contributed by atoms with van der Waals surface area (Å²) in [7, 11) is 3.31. The first-order chi connectivity index (χ1) is 25.4. The molecule has 0 bridgehead atoms. The summed E-state index contributed by atoms with van der Waals surface area (Å²) in [5.74, 6) is -7.05. The van der Waals surface area contributed by atoms with Crippen LogP contribution in [0.15, 0.2) is 23.3 Å². The van der Waals surface area contributed by atoms with Crippen molar-refractivity contribution in [3.63, 3.8) is 0 Å². The Morgan fingerprint density at radius 2 is 1.61 bits per heavy atom. The van der Waals surface area contributed by atoms with Crippen molar-refractivity contribution >= 4 is 23.4 Å². The number of carboxylic acid groups (broad SMARTS) is 1. The highest BCUT2D eigenvalue weighted by atomic mass is 16.5. The normalized spacial score (nSPS) is 24.2. The third-order valence-electron chi connectivity index (χ3n) is 12.5. The maximum absolute atomic E-state index is 13.4. The molecule has 2 rings (SSSR count). The van der Waals surface area contributed by atoms with Gasteiger partial charge in [-0.25, -0.2) is 4.79 Å². The van der Waals surface area contributed by atoms with Gasteiger partial charge in [-0.3, -0.25) is 14.4 Å². The lowest BCUT2D eigenvalue weighted by Gasteiger charge is -2.35. The van der Waals surface area contributed by atoms with E-state index in [1.807, 2.05) is 13.8 Å². The predicted octanol–water partition coefficient (Wildman–Crippen LogP) is 6.66. The summed E-state index contributed by atoms with van der Waals surface area (Å²) in [4.78, 5) is 51.8. The number of ketones is 2. The number of carboxylic acids is 1. The Bertz CT molecular complexity index is 1280. The van der Waals surface area contributed by atoms with Crippen molar-refractivity contribution in [2.75, 3.05) is 20.8 Å². The molecule has 4 N–H and O–H groups in total. The fraction of sp³-hybridized carbons (Fsp3) is 0.814. The number of amides is 1. The average Bonchev–Trinajstić information content (AvgIpc) is 3.14. The lowest BCUT2D eigenvalue weighted by Crippen LogP contribution is -2.57. The number of aliphatic hydroxyl groups excluding tert-OH is 1. The maximum atomic E-state index is 13.4. The Labute approximate surface area is 324 Å². The Morgan fingerprint density at radius 1 is 0.926 bits per heavy atom. The van der Waals surface area contributed by atoms with Crippen molar-refractivity contribution < 1.29 is 49.1 Å². The number of nitrogens with zero attached hydrogens (tertiary/aromatic N) is 1. The van der Waals surface area contributed by atoms with Gasteiger partial charge in [0.15, 0.2) is 0 Å². The van der Waals surface area contributed by atoms with Crippen molar-refractivity contribution in [2.24, 2.45) is 35.5 Å². The molecule has 1 saturated heterocycles. The van der Waals surface area contributed by atoms with Gasteiger partial charge in [0.1, 0.15) is 11.8 Å². The zero-order valence-electron chi connectivity index (χ0n) is 34.7. The number of carbonyl (C=O) groups is 4. The van der Waals surface area contributed by atoms with Crippen LogP contribution in [-0.2, 0) is 28.7 Å². The number of ether oxygens (including phenoxy) is 2. The summed E-state index contributed by atoms with van der Waals surface area (Å²) >= 11 is 0. The molecule has 1 saturated carbocycles. The Hall–Kier alpha value is -2.44. The van der Waals surface area contributed by atoms with Crippen LogP contribution in [0, 0.1) is 35.5 Å². The van der Waals surface area contributed by atoms with Gasteiger partial charge in [0, 0.05) is 39.0 Å². The van der Waals surface area contributed by atoms with Crippen molar-refractivity contribution in [2.45, 2.75) is 168 Å². The molecule has 2 aliphatic rings. The highest BCUT2D eigenvalue weighted by Crippen LogP contribution is 2.32. The van der Waals surface area contributed by atoms with Crippen LogP contribution in [0.25, 0.3) is 0 Å². The molecule has 0 aromatic heterocycles. The van der Waals surface area contributed by atoms with Gasteiger partial charge in [0.2, 0.25) is 5.79 Å². The molecule has 0 radical (unpaired) electrons. The second-order valence-corrected chi connectivity index (χ2v) is 16.7. The summed E-state index contributed by atoms with van der Waals surface area (Å²) in [6.07, 6.45) is 13.4. The number of likely N-dealkylation sites (tertiary alicyclic amines) is 1. The van der Waals surface area contributed by atoms with Crippen LogP contribution in [0.2, 0.25) is 0 Å². The molecule has 0 aromatic rings. The Kier molecular flexibility index (Phi) is 20.3. The third kappa shape index (κ3) is 14.3. The smallest absolute Gasteiger partial charge is 0.326 e. The monoisotopic (exact) mass is 764 g/mol. The minimum atomic E-state index is -2.96. The van der Waals surface area contributed by atoms with Crippen LogP contribution in [0.1, 0.15) is 138 Å². The highest BCUT2D eigenvalue weighted by molar-refractivity contribution is 6.39. The molecule has 11 nitrogen and oxygen atoms in total. The molecule has 1 aliphatic carbocycles. The van der Waals surface area contributed by atoms with Crippen LogP contribution in [-0.4, -0.2) is 99.7 Å². The van der Waals surface area contributed by atoms with Crippen molar-refractivity contribution in [1.29, 1.82) is 0 Å². The van der Waals surface area contributed by atoms with E-state index in [2.05, 4.69) is 39.8 Å². The molecule has 10 unspecified atom stereocenters. The van der Waals surface area contributed by atoms with Gasteiger partial charge in [0.05, 0.1) is 18.3 Å². The molecule has 1 heterocycles. The number of carbonyl (C=O) groups excluding carboxylic acids is 3. The molecular weight excluding hydrogens is 690 g/mol. The minimum Gasteiger partial charge on any atom is -0.480 e. The van der Waals surface area contributed by atoms with E-state index in [0.717, 1.165) is 42.6 Å². The Morgan fingerprint density at radius 3 is 2.22 bits per heavy atom. The molecule has 54 heavy (non-hydrogen) atoms. The van der Waals surface area contributed by atoms with Gasteiger partial charge in [0.25, 0.3) is 11.7 Å². The van der Waals surface area contributed by atoms with E-state index in [1.165, 1.54) is 32.4 Å². The number of rotatable bonds is 23. The maximum Gasteiger partial charge on any atom is 0.326 e. The highest BCUT2D eigenvalue weighted by Gasteiger charge is 2.47. The number of allylic oxidation sites excluding steroid dienone is 4. The number of methoxy groups -OCH3 is 2. The van der Waals surface area contributed by atoms with E-state index in [0.29, 0.717) is 37.7 Å². The Balaban J connectivity index is 1.88. The van der Waals surface area contributed by atoms with Crippen LogP contribution in [0.4, 0.5) is 0 Å². The first kappa shape index (κ1) is 47.7. The fourth-order valence-corrected chi connectivity index (χ4v) is 8.33. The van der Waals surface area contributed by atoms with Crippen LogP contribution >= 0.6 is 0 Å². The van der Waals surface area contributed by atoms with Crippen molar-refractivity contribution in [3.8, 4) is 0 Å². The molecule has 310 valence electrons. The second-order valence-electron chi connectivity index (χ2n) is 16.7. The molecule has 0 aromatic carbocycles. The topological polar surface area (TPSA) is 171 Å². The zero-order valence-corrected chi connectivity index (χ0v) is 34.7. The number of aliphatic hydroxyl groups is 3. The molecule has 10 atom stereocenters. The van der Waals surface area contributed by atoms with Gasteiger partial charge >= 0.3 is 5.97 Å². The average molecular weight is 764 g/mol. The van der Waals surface area contributed by atoms with Gasteiger partial charge in [-0.1, -0.05) is 77.2 Å². The van der Waals surface area contributed by atoms with E-state index in [-0.39, 0.29) is 55.3 Å². The molecular formula is C43H73NO10. The zero-order chi connectivity index (χ0) is 40.7.